The van der Waals surface area contributed by atoms with Crippen molar-refractivity contribution in [3.8, 4) is 0 Å². The molecule has 82 valence electrons. The summed E-state index contributed by atoms with van der Waals surface area (Å²) in [5.41, 5.74) is 4.93. The van der Waals surface area contributed by atoms with Gasteiger partial charge in [0.25, 0.3) is 0 Å². The van der Waals surface area contributed by atoms with Crippen molar-refractivity contribution >= 4 is 0 Å². The van der Waals surface area contributed by atoms with Gasteiger partial charge in [0.15, 0.2) is 0 Å². The molecule has 0 spiro atoms. The second-order valence-corrected chi connectivity index (χ2v) is 4.44. The lowest BCUT2D eigenvalue weighted by atomic mass is 9.90. The number of nitrogens with one attached hydrogen (secondary N) is 1. The highest BCUT2D eigenvalue weighted by atomic mass is 15.1. The molecule has 1 aromatic heterocycles. The maximum Gasteiger partial charge on any atom is 0.0694 e. The molecule has 0 bridgehead atoms. The smallest absolute Gasteiger partial charge is 0.0694 e. The van der Waals surface area contributed by atoms with Gasteiger partial charge in [-0.3, -0.25) is 0 Å². The third kappa shape index (κ3) is 2.02. The van der Waals surface area contributed by atoms with Crippen molar-refractivity contribution in [3.05, 3.63) is 22.5 Å². The SMILES string of the molecule is Cc1nnc(C2CCNCC2)c(C)c1C. The molecule has 1 saturated heterocycles. The molecule has 0 aromatic carbocycles. The Morgan fingerprint density at radius 3 is 2.33 bits per heavy atom. The minimum absolute atomic E-state index is 0.609. The largest absolute Gasteiger partial charge is 0.317 e. The fourth-order valence-electron chi connectivity index (χ4n) is 2.23. The normalized spacial score (nSPS) is 18.1. The molecule has 3 heteroatoms. The number of nitrogens with zero attached hydrogens (tertiary/aromatic N) is 2. The zero-order valence-corrected chi connectivity index (χ0v) is 9.80. The maximum absolute atomic E-state index is 4.38. The topological polar surface area (TPSA) is 37.8 Å². The van der Waals surface area contributed by atoms with E-state index in [1.165, 1.54) is 29.7 Å². The second-order valence-electron chi connectivity index (χ2n) is 4.44. The maximum atomic E-state index is 4.38. The van der Waals surface area contributed by atoms with Crippen LogP contribution in [0.1, 0.15) is 41.3 Å². The summed E-state index contributed by atoms with van der Waals surface area (Å²) in [4.78, 5) is 0. The number of hydrogen-bond donors (Lipinski definition) is 1. The third-order valence-electron chi connectivity index (χ3n) is 3.52. The first kappa shape index (κ1) is 10.6. The van der Waals surface area contributed by atoms with Crippen LogP contribution in [0, 0.1) is 20.8 Å². The van der Waals surface area contributed by atoms with Crippen LogP contribution in [0.25, 0.3) is 0 Å². The molecule has 1 aliphatic rings. The fraction of sp³-hybridized carbons (Fsp3) is 0.667. The van der Waals surface area contributed by atoms with Crippen LogP contribution < -0.4 is 5.32 Å². The molecular weight excluding hydrogens is 186 g/mol. The molecule has 1 aliphatic heterocycles. The summed E-state index contributed by atoms with van der Waals surface area (Å²) in [6.07, 6.45) is 2.38. The first-order valence-corrected chi connectivity index (χ1v) is 5.71. The summed E-state index contributed by atoms with van der Waals surface area (Å²) >= 11 is 0. The van der Waals surface area contributed by atoms with Crippen LogP contribution in [0.4, 0.5) is 0 Å². The van der Waals surface area contributed by atoms with Crippen LogP contribution in [0.3, 0.4) is 0 Å². The first-order valence-electron chi connectivity index (χ1n) is 5.71. The van der Waals surface area contributed by atoms with Gasteiger partial charge in [-0.1, -0.05) is 0 Å². The fourth-order valence-corrected chi connectivity index (χ4v) is 2.23. The van der Waals surface area contributed by atoms with Gasteiger partial charge in [0.2, 0.25) is 0 Å². The molecule has 15 heavy (non-hydrogen) atoms. The lowest BCUT2D eigenvalue weighted by Crippen LogP contribution is -2.27. The van der Waals surface area contributed by atoms with Crippen LogP contribution in [0.15, 0.2) is 0 Å². The van der Waals surface area contributed by atoms with Gasteiger partial charge in [-0.2, -0.15) is 10.2 Å². The zero-order valence-electron chi connectivity index (χ0n) is 9.80. The van der Waals surface area contributed by atoms with Gasteiger partial charge in [-0.05, 0) is 57.8 Å². The Labute approximate surface area is 91.3 Å². The summed E-state index contributed by atoms with van der Waals surface area (Å²) in [5.74, 6) is 0.609. The van der Waals surface area contributed by atoms with Gasteiger partial charge in [0, 0.05) is 5.92 Å². The van der Waals surface area contributed by atoms with Gasteiger partial charge in [0.1, 0.15) is 0 Å². The molecule has 0 atom stereocenters. The number of hydrogen-bond acceptors (Lipinski definition) is 3. The van der Waals surface area contributed by atoms with E-state index in [1.807, 2.05) is 6.92 Å². The highest BCUT2D eigenvalue weighted by molar-refractivity contribution is 5.32. The van der Waals surface area contributed by atoms with E-state index in [-0.39, 0.29) is 0 Å². The molecule has 0 radical (unpaired) electrons. The lowest BCUT2D eigenvalue weighted by Gasteiger charge is -2.23. The highest BCUT2D eigenvalue weighted by Gasteiger charge is 2.20. The quantitative estimate of drug-likeness (QED) is 0.760. The van der Waals surface area contributed by atoms with Gasteiger partial charge in [0.05, 0.1) is 11.4 Å². The van der Waals surface area contributed by atoms with Gasteiger partial charge in [-0.25, -0.2) is 0 Å². The Balaban J connectivity index is 2.31. The van der Waals surface area contributed by atoms with Gasteiger partial charge < -0.3 is 5.32 Å². The second kappa shape index (κ2) is 4.27. The summed E-state index contributed by atoms with van der Waals surface area (Å²) in [6.45, 7) is 8.57. The van der Waals surface area contributed by atoms with E-state index in [0.717, 1.165) is 18.8 Å². The molecular formula is C12H19N3. The van der Waals surface area contributed by atoms with E-state index in [4.69, 9.17) is 0 Å². The Morgan fingerprint density at radius 1 is 1.00 bits per heavy atom. The number of rotatable bonds is 1. The van der Waals surface area contributed by atoms with Crippen molar-refractivity contribution in [3.63, 3.8) is 0 Å². The molecule has 1 aromatic rings. The number of piperidine rings is 1. The molecule has 2 rings (SSSR count). The van der Waals surface area contributed by atoms with E-state index in [1.54, 1.807) is 0 Å². The average Bonchev–Trinajstić information content (AvgIpc) is 2.27. The van der Waals surface area contributed by atoms with Crippen molar-refractivity contribution in [1.29, 1.82) is 0 Å². The van der Waals surface area contributed by atoms with Crippen molar-refractivity contribution < 1.29 is 0 Å². The summed E-state index contributed by atoms with van der Waals surface area (Å²) < 4.78 is 0. The number of aromatic nitrogens is 2. The van der Waals surface area contributed by atoms with Crippen molar-refractivity contribution in [1.82, 2.24) is 15.5 Å². The zero-order chi connectivity index (χ0) is 10.8. The van der Waals surface area contributed by atoms with Crippen molar-refractivity contribution in [2.45, 2.75) is 39.5 Å². The monoisotopic (exact) mass is 205 g/mol. The molecule has 1 N–H and O–H groups in total. The molecule has 1 fully saturated rings. The summed E-state index contributed by atoms with van der Waals surface area (Å²) in [7, 11) is 0. The van der Waals surface area contributed by atoms with Crippen molar-refractivity contribution in [2.75, 3.05) is 13.1 Å². The van der Waals surface area contributed by atoms with Crippen molar-refractivity contribution in [2.24, 2.45) is 0 Å². The molecule has 3 nitrogen and oxygen atoms in total. The minimum atomic E-state index is 0.609. The highest BCUT2D eigenvalue weighted by Crippen LogP contribution is 2.27. The molecule has 2 heterocycles. The summed E-state index contributed by atoms with van der Waals surface area (Å²) in [5, 5.41) is 12.0. The first-order chi connectivity index (χ1) is 7.20. The molecule has 0 amide bonds. The summed E-state index contributed by atoms with van der Waals surface area (Å²) in [6, 6.07) is 0. The minimum Gasteiger partial charge on any atom is -0.317 e. The Morgan fingerprint density at radius 2 is 1.67 bits per heavy atom. The lowest BCUT2D eigenvalue weighted by molar-refractivity contribution is 0.448. The van der Waals surface area contributed by atoms with E-state index in [2.05, 4.69) is 29.4 Å². The molecule has 0 unspecified atom stereocenters. The predicted octanol–water partition coefficient (Wildman–Crippen LogP) is 1.87. The van der Waals surface area contributed by atoms with Gasteiger partial charge in [-0.15, -0.1) is 0 Å². The Kier molecular flexibility index (Phi) is 3.00. The number of aryl methyl sites for hydroxylation is 1. The van der Waals surface area contributed by atoms with Gasteiger partial charge >= 0.3 is 0 Å². The standard InChI is InChI=1S/C12H19N3/c1-8-9(2)12(15-14-10(8)3)11-4-6-13-7-5-11/h11,13H,4-7H2,1-3H3. The van der Waals surface area contributed by atoms with Crippen LogP contribution in [-0.4, -0.2) is 23.3 Å². The molecule has 0 aliphatic carbocycles. The predicted molar refractivity (Wildman–Crippen MR) is 61.1 cm³/mol. The van der Waals surface area contributed by atoms with Crippen LogP contribution in [-0.2, 0) is 0 Å². The van der Waals surface area contributed by atoms with E-state index < -0.39 is 0 Å². The third-order valence-corrected chi connectivity index (χ3v) is 3.52. The average molecular weight is 205 g/mol. The molecule has 0 saturated carbocycles. The van der Waals surface area contributed by atoms with E-state index in [9.17, 15) is 0 Å². The van der Waals surface area contributed by atoms with E-state index >= 15 is 0 Å². The van der Waals surface area contributed by atoms with Crippen LogP contribution in [0.5, 0.6) is 0 Å². The van der Waals surface area contributed by atoms with Crippen LogP contribution in [0.2, 0.25) is 0 Å². The Bertz CT molecular complexity index is 354. The Hall–Kier alpha value is -0.960. The van der Waals surface area contributed by atoms with Crippen LogP contribution >= 0.6 is 0 Å². The van der Waals surface area contributed by atoms with E-state index in [0.29, 0.717) is 5.92 Å².